The summed E-state index contributed by atoms with van der Waals surface area (Å²) in [6.45, 7) is 0. The number of hydrogen-bond acceptors (Lipinski definition) is 5. The Labute approximate surface area is 149 Å². The minimum Gasteiger partial charge on any atom is -0.504 e. The van der Waals surface area contributed by atoms with Crippen LogP contribution < -0.4 is 10.1 Å². The number of benzene rings is 1. The van der Waals surface area contributed by atoms with E-state index in [9.17, 15) is 5.11 Å². The summed E-state index contributed by atoms with van der Waals surface area (Å²) >= 11 is 1.68. The number of rotatable bonds is 4. The first-order chi connectivity index (χ1) is 12.2. The summed E-state index contributed by atoms with van der Waals surface area (Å²) in [5, 5.41) is 18.5. The van der Waals surface area contributed by atoms with Crippen LogP contribution in [0.1, 0.15) is 0 Å². The summed E-state index contributed by atoms with van der Waals surface area (Å²) in [5.74, 6) is 1.28. The number of aryl methyl sites for hydroxylation is 1. The molecule has 0 fully saturated rings. The molecule has 0 aliphatic carbocycles. The summed E-state index contributed by atoms with van der Waals surface area (Å²) in [6, 6.07) is 11.4. The van der Waals surface area contributed by atoms with E-state index in [4.69, 9.17) is 4.74 Å². The number of hydrogen-bond donors (Lipinski definition) is 2. The molecular formula is C19H17N3O2S. The van der Waals surface area contributed by atoms with Crippen molar-refractivity contribution < 1.29 is 9.84 Å². The fraction of sp³-hybridized carbons (Fsp3) is 0.105. The molecule has 0 aliphatic rings. The zero-order valence-corrected chi connectivity index (χ0v) is 14.7. The molecule has 126 valence electrons. The van der Waals surface area contributed by atoms with Crippen molar-refractivity contribution in [3.05, 3.63) is 53.4 Å². The van der Waals surface area contributed by atoms with E-state index >= 15 is 0 Å². The lowest BCUT2D eigenvalue weighted by atomic mass is 10.2. The van der Waals surface area contributed by atoms with Gasteiger partial charge < -0.3 is 19.7 Å². The Morgan fingerprint density at radius 3 is 2.80 bits per heavy atom. The largest absolute Gasteiger partial charge is 0.504 e. The number of nitrogens with zero attached hydrogens (tertiary/aromatic N) is 2. The maximum absolute atomic E-state index is 9.97. The molecule has 0 radical (unpaired) electrons. The van der Waals surface area contributed by atoms with Crippen LogP contribution in [-0.4, -0.2) is 21.8 Å². The van der Waals surface area contributed by atoms with Gasteiger partial charge in [0.15, 0.2) is 11.5 Å². The molecule has 0 spiro atoms. The fourth-order valence-corrected chi connectivity index (χ4v) is 3.60. The van der Waals surface area contributed by atoms with Crippen LogP contribution in [0.3, 0.4) is 0 Å². The number of pyridine rings is 1. The van der Waals surface area contributed by atoms with Gasteiger partial charge in [-0.15, -0.1) is 0 Å². The average molecular weight is 351 g/mol. The van der Waals surface area contributed by atoms with Gasteiger partial charge in [-0.3, -0.25) is 0 Å². The van der Waals surface area contributed by atoms with E-state index < -0.39 is 0 Å². The minimum absolute atomic E-state index is 0.0895. The third-order valence-electron chi connectivity index (χ3n) is 4.23. The molecule has 3 heterocycles. The lowest BCUT2D eigenvalue weighted by molar-refractivity contribution is 0.373. The van der Waals surface area contributed by atoms with Crippen LogP contribution >= 0.6 is 11.3 Å². The Bertz CT molecular complexity index is 1040. The highest BCUT2D eigenvalue weighted by molar-refractivity contribution is 7.08. The molecule has 0 saturated heterocycles. The van der Waals surface area contributed by atoms with Crippen molar-refractivity contribution in [1.29, 1.82) is 0 Å². The number of ether oxygens (including phenoxy) is 1. The van der Waals surface area contributed by atoms with Crippen molar-refractivity contribution in [1.82, 2.24) is 9.55 Å². The third kappa shape index (κ3) is 2.70. The van der Waals surface area contributed by atoms with Gasteiger partial charge in [0.2, 0.25) is 0 Å². The van der Waals surface area contributed by atoms with E-state index in [-0.39, 0.29) is 5.75 Å². The summed E-state index contributed by atoms with van der Waals surface area (Å²) < 4.78 is 7.25. The molecule has 2 N–H and O–H groups in total. The number of thiophene rings is 1. The van der Waals surface area contributed by atoms with E-state index in [0.717, 1.165) is 28.1 Å². The van der Waals surface area contributed by atoms with E-state index in [1.165, 1.54) is 12.7 Å². The van der Waals surface area contributed by atoms with Gasteiger partial charge in [0, 0.05) is 47.0 Å². The molecule has 0 amide bonds. The predicted molar refractivity (Wildman–Crippen MR) is 102 cm³/mol. The second-order valence-corrected chi connectivity index (χ2v) is 6.48. The first-order valence-electron chi connectivity index (χ1n) is 7.78. The average Bonchev–Trinajstić information content (AvgIpc) is 3.24. The van der Waals surface area contributed by atoms with Gasteiger partial charge in [0.25, 0.3) is 0 Å². The van der Waals surface area contributed by atoms with E-state index in [1.54, 1.807) is 29.7 Å². The number of methoxy groups -OCH3 is 1. The Balaban J connectivity index is 1.78. The van der Waals surface area contributed by atoms with Crippen LogP contribution in [0.15, 0.2) is 53.4 Å². The zero-order valence-electron chi connectivity index (χ0n) is 13.9. The fourth-order valence-electron chi connectivity index (χ4n) is 2.95. The van der Waals surface area contributed by atoms with Crippen LogP contribution in [-0.2, 0) is 7.05 Å². The monoisotopic (exact) mass is 351 g/mol. The molecule has 0 saturated carbocycles. The molecule has 3 aromatic heterocycles. The van der Waals surface area contributed by atoms with Crippen molar-refractivity contribution >= 4 is 33.7 Å². The smallest absolute Gasteiger partial charge is 0.160 e. The Morgan fingerprint density at radius 2 is 2.08 bits per heavy atom. The molecule has 0 aliphatic heterocycles. The molecule has 4 aromatic rings. The lowest BCUT2D eigenvalue weighted by Crippen LogP contribution is -1.95. The summed E-state index contributed by atoms with van der Waals surface area (Å²) in [5.41, 5.74) is 4.18. The maximum atomic E-state index is 9.97. The molecular weight excluding hydrogens is 334 g/mol. The first-order valence-corrected chi connectivity index (χ1v) is 8.72. The topological polar surface area (TPSA) is 59.3 Å². The summed E-state index contributed by atoms with van der Waals surface area (Å²) in [4.78, 5) is 4.48. The number of aromatic nitrogens is 2. The Kier molecular flexibility index (Phi) is 3.82. The van der Waals surface area contributed by atoms with Crippen LogP contribution in [0.4, 0.5) is 11.5 Å². The maximum Gasteiger partial charge on any atom is 0.160 e. The van der Waals surface area contributed by atoms with Crippen molar-refractivity contribution in [3.8, 4) is 22.8 Å². The predicted octanol–water partition coefficient (Wildman–Crippen LogP) is 4.76. The van der Waals surface area contributed by atoms with E-state index in [1.807, 2.05) is 12.1 Å². The highest BCUT2D eigenvalue weighted by Gasteiger charge is 2.13. The number of fused-ring (bicyclic) bond motifs is 1. The van der Waals surface area contributed by atoms with Gasteiger partial charge in [0.1, 0.15) is 5.82 Å². The lowest BCUT2D eigenvalue weighted by Gasteiger charge is -2.09. The molecule has 4 rings (SSSR count). The normalized spacial score (nSPS) is 11.0. The SMILES string of the molecule is COc1ccc(Nc2nccc3c2cc(-c2ccsc2)n3C)cc1O. The highest BCUT2D eigenvalue weighted by Crippen LogP contribution is 2.34. The number of aromatic hydroxyl groups is 1. The van der Waals surface area contributed by atoms with Crippen LogP contribution in [0, 0.1) is 0 Å². The van der Waals surface area contributed by atoms with Gasteiger partial charge in [-0.25, -0.2) is 4.98 Å². The molecule has 1 aromatic carbocycles. The zero-order chi connectivity index (χ0) is 17.4. The molecule has 0 bridgehead atoms. The number of phenols is 1. The number of anilines is 2. The van der Waals surface area contributed by atoms with Crippen molar-refractivity contribution in [3.63, 3.8) is 0 Å². The summed E-state index contributed by atoms with van der Waals surface area (Å²) in [6.07, 6.45) is 1.78. The first kappa shape index (κ1) is 15.5. The van der Waals surface area contributed by atoms with Gasteiger partial charge in [0.05, 0.1) is 12.6 Å². The van der Waals surface area contributed by atoms with E-state index in [2.05, 4.69) is 44.8 Å². The minimum atomic E-state index is 0.0895. The van der Waals surface area contributed by atoms with Gasteiger partial charge in [-0.05, 0) is 35.7 Å². The van der Waals surface area contributed by atoms with Crippen LogP contribution in [0.25, 0.3) is 22.2 Å². The van der Waals surface area contributed by atoms with E-state index in [0.29, 0.717) is 5.75 Å². The van der Waals surface area contributed by atoms with Crippen molar-refractivity contribution in [2.45, 2.75) is 0 Å². The van der Waals surface area contributed by atoms with Gasteiger partial charge in [-0.2, -0.15) is 11.3 Å². The second-order valence-electron chi connectivity index (χ2n) is 5.70. The quantitative estimate of drug-likeness (QED) is 0.556. The number of phenolic OH excluding ortho intramolecular Hbond substituents is 1. The van der Waals surface area contributed by atoms with Crippen LogP contribution in [0.2, 0.25) is 0 Å². The molecule has 25 heavy (non-hydrogen) atoms. The van der Waals surface area contributed by atoms with Gasteiger partial charge in [-0.1, -0.05) is 0 Å². The standard InChI is InChI=1S/C19H17N3O2S/c1-22-15-5-7-20-19(14(15)10-16(22)12-6-8-25-11-12)21-13-3-4-18(24-2)17(23)9-13/h3-11,23H,1-2H3,(H,20,21). The third-order valence-corrected chi connectivity index (χ3v) is 4.91. The second kappa shape index (κ2) is 6.14. The Morgan fingerprint density at radius 1 is 1.20 bits per heavy atom. The number of nitrogens with one attached hydrogen (secondary N) is 1. The Hall–Kier alpha value is -2.99. The molecule has 0 unspecified atom stereocenters. The van der Waals surface area contributed by atoms with Crippen molar-refractivity contribution in [2.75, 3.05) is 12.4 Å². The van der Waals surface area contributed by atoms with Crippen LogP contribution in [0.5, 0.6) is 11.5 Å². The van der Waals surface area contributed by atoms with Crippen molar-refractivity contribution in [2.24, 2.45) is 7.05 Å². The molecule has 5 nitrogen and oxygen atoms in total. The molecule has 6 heteroatoms. The molecule has 0 atom stereocenters. The summed E-state index contributed by atoms with van der Waals surface area (Å²) in [7, 11) is 3.58. The van der Waals surface area contributed by atoms with Gasteiger partial charge >= 0.3 is 0 Å². The highest BCUT2D eigenvalue weighted by atomic mass is 32.1.